The molecule has 0 heterocycles. The molecule has 21 heavy (non-hydrogen) atoms. The van der Waals surface area contributed by atoms with Gasteiger partial charge in [0.25, 0.3) is 0 Å². The van der Waals surface area contributed by atoms with Crippen molar-refractivity contribution >= 4 is 22.0 Å². The number of rotatable bonds is 8. The van der Waals surface area contributed by atoms with Gasteiger partial charge >= 0.3 is 0 Å². The summed E-state index contributed by atoms with van der Waals surface area (Å²) in [4.78, 5) is 0. The summed E-state index contributed by atoms with van der Waals surface area (Å²) < 4.78 is 11.9. The van der Waals surface area contributed by atoms with E-state index in [1.165, 1.54) is 5.57 Å². The van der Waals surface area contributed by atoms with E-state index in [2.05, 4.69) is 48.1 Å². The summed E-state index contributed by atoms with van der Waals surface area (Å²) in [6.45, 7) is 11.1. The maximum atomic E-state index is 5.64. The van der Waals surface area contributed by atoms with Crippen LogP contribution in [0.25, 0.3) is 6.08 Å². The second-order valence-electron chi connectivity index (χ2n) is 5.48. The van der Waals surface area contributed by atoms with Gasteiger partial charge in [-0.2, -0.15) is 0 Å². The van der Waals surface area contributed by atoms with Gasteiger partial charge in [-0.1, -0.05) is 25.5 Å². The zero-order valence-electron chi connectivity index (χ0n) is 13.6. The van der Waals surface area contributed by atoms with Gasteiger partial charge in [0.2, 0.25) is 0 Å². The van der Waals surface area contributed by atoms with Crippen LogP contribution in [0.15, 0.2) is 22.2 Å². The predicted molar refractivity (Wildman–Crippen MR) is 93.2 cm³/mol. The molecule has 0 saturated carbocycles. The molecule has 0 aliphatic carbocycles. The van der Waals surface area contributed by atoms with E-state index in [1.807, 2.05) is 19.1 Å². The number of hydrogen-bond acceptors (Lipinski definition) is 3. The standard InChI is InChI=1S/C17H26BrNO2/c1-6-21-16-9-14(8-15(18)17(16)20-5)7-13(4)11-19-10-12(2)3/h7-9,12,19H,6,10-11H2,1-5H3. The van der Waals surface area contributed by atoms with Crippen LogP contribution in [-0.4, -0.2) is 26.8 Å². The van der Waals surface area contributed by atoms with E-state index in [0.29, 0.717) is 12.5 Å². The van der Waals surface area contributed by atoms with Crippen LogP contribution in [0.1, 0.15) is 33.3 Å². The minimum Gasteiger partial charge on any atom is -0.492 e. The summed E-state index contributed by atoms with van der Waals surface area (Å²) in [7, 11) is 1.65. The van der Waals surface area contributed by atoms with E-state index in [-0.39, 0.29) is 0 Å². The van der Waals surface area contributed by atoms with Gasteiger partial charge in [0.1, 0.15) is 0 Å². The topological polar surface area (TPSA) is 30.5 Å². The summed E-state index contributed by atoms with van der Waals surface area (Å²) in [6.07, 6.45) is 2.17. The Morgan fingerprint density at radius 3 is 2.67 bits per heavy atom. The van der Waals surface area contributed by atoms with E-state index >= 15 is 0 Å². The maximum absolute atomic E-state index is 5.64. The van der Waals surface area contributed by atoms with Crippen LogP contribution in [0.5, 0.6) is 11.5 Å². The third kappa shape index (κ3) is 6.10. The summed E-state index contributed by atoms with van der Waals surface area (Å²) in [5.41, 5.74) is 2.39. The smallest absolute Gasteiger partial charge is 0.174 e. The highest BCUT2D eigenvalue weighted by Gasteiger charge is 2.10. The van der Waals surface area contributed by atoms with Crippen molar-refractivity contribution in [3.05, 3.63) is 27.7 Å². The molecule has 1 N–H and O–H groups in total. The van der Waals surface area contributed by atoms with E-state index in [0.717, 1.165) is 34.6 Å². The first-order valence-electron chi connectivity index (χ1n) is 7.36. The molecule has 0 aliphatic heterocycles. The Morgan fingerprint density at radius 1 is 1.38 bits per heavy atom. The van der Waals surface area contributed by atoms with Gasteiger partial charge < -0.3 is 14.8 Å². The van der Waals surface area contributed by atoms with Crippen molar-refractivity contribution in [1.82, 2.24) is 5.32 Å². The van der Waals surface area contributed by atoms with E-state index in [1.54, 1.807) is 7.11 Å². The number of halogens is 1. The van der Waals surface area contributed by atoms with Gasteiger partial charge in [0.05, 0.1) is 18.2 Å². The molecule has 0 aromatic heterocycles. The SMILES string of the molecule is CCOc1cc(C=C(C)CNCC(C)C)cc(Br)c1OC. The molecule has 0 spiro atoms. The fraction of sp³-hybridized carbons (Fsp3) is 0.529. The van der Waals surface area contributed by atoms with Crippen molar-refractivity contribution in [2.75, 3.05) is 26.8 Å². The molecular formula is C17H26BrNO2. The minimum atomic E-state index is 0.616. The first kappa shape index (κ1) is 18.1. The van der Waals surface area contributed by atoms with Gasteiger partial charge in [-0.15, -0.1) is 0 Å². The second-order valence-corrected chi connectivity index (χ2v) is 6.34. The number of methoxy groups -OCH3 is 1. The zero-order valence-corrected chi connectivity index (χ0v) is 15.2. The molecule has 118 valence electrons. The van der Waals surface area contributed by atoms with Crippen LogP contribution in [0.4, 0.5) is 0 Å². The Morgan fingerprint density at radius 2 is 2.10 bits per heavy atom. The van der Waals surface area contributed by atoms with Gasteiger partial charge in [0.15, 0.2) is 11.5 Å². The summed E-state index contributed by atoms with van der Waals surface area (Å²) >= 11 is 3.54. The molecule has 0 unspecified atom stereocenters. The van der Waals surface area contributed by atoms with Gasteiger partial charge in [-0.05, 0) is 59.9 Å². The normalized spacial score (nSPS) is 11.9. The summed E-state index contributed by atoms with van der Waals surface area (Å²) in [5.74, 6) is 2.17. The van der Waals surface area contributed by atoms with Crippen LogP contribution >= 0.6 is 15.9 Å². The van der Waals surface area contributed by atoms with Crippen LogP contribution < -0.4 is 14.8 Å². The lowest BCUT2D eigenvalue weighted by molar-refractivity contribution is 0.310. The molecule has 0 radical (unpaired) electrons. The van der Waals surface area contributed by atoms with Crippen LogP contribution in [0.2, 0.25) is 0 Å². The van der Waals surface area contributed by atoms with Crippen molar-refractivity contribution in [2.24, 2.45) is 5.92 Å². The molecule has 4 heteroatoms. The van der Waals surface area contributed by atoms with E-state index < -0.39 is 0 Å². The molecule has 0 aliphatic rings. The molecule has 0 fully saturated rings. The Kier molecular flexibility index (Phi) is 7.83. The van der Waals surface area contributed by atoms with Crippen LogP contribution in [0, 0.1) is 5.92 Å². The van der Waals surface area contributed by atoms with E-state index in [4.69, 9.17) is 9.47 Å². The Balaban J connectivity index is 2.87. The average molecular weight is 356 g/mol. The third-order valence-electron chi connectivity index (χ3n) is 2.91. The molecule has 3 nitrogen and oxygen atoms in total. The minimum absolute atomic E-state index is 0.616. The highest BCUT2D eigenvalue weighted by molar-refractivity contribution is 9.10. The van der Waals surface area contributed by atoms with Crippen LogP contribution in [0.3, 0.4) is 0 Å². The number of benzene rings is 1. The highest BCUT2D eigenvalue weighted by Crippen LogP contribution is 2.37. The van der Waals surface area contributed by atoms with Gasteiger partial charge in [-0.3, -0.25) is 0 Å². The number of ether oxygens (including phenoxy) is 2. The lowest BCUT2D eigenvalue weighted by atomic mass is 10.1. The van der Waals surface area contributed by atoms with Crippen molar-refractivity contribution in [2.45, 2.75) is 27.7 Å². The third-order valence-corrected chi connectivity index (χ3v) is 3.49. The average Bonchev–Trinajstić information content (AvgIpc) is 2.38. The predicted octanol–water partition coefficient (Wildman–Crippen LogP) is 4.51. The van der Waals surface area contributed by atoms with E-state index in [9.17, 15) is 0 Å². The van der Waals surface area contributed by atoms with Crippen molar-refractivity contribution in [3.8, 4) is 11.5 Å². The first-order valence-corrected chi connectivity index (χ1v) is 8.15. The van der Waals surface area contributed by atoms with Crippen molar-refractivity contribution < 1.29 is 9.47 Å². The number of hydrogen-bond donors (Lipinski definition) is 1. The molecule has 1 rings (SSSR count). The second kappa shape index (κ2) is 9.11. The molecule has 1 aromatic carbocycles. The molecule has 1 aromatic rings. The van der Waals surface area contributed by atoms with Gasteiger partial charge in [0, 0.05) is 6.54 Å². The lowest BCUT2D eigenvalue weighted by Gasteiger charge is -2.13. The Bertz CT molecular complexity index is 484. The first-order chi connectivity index (χ1) is 9.97. The Labute approximate surface area is 136 Å². The Hall–Kier alpha value is -1.00. The quantitative estimate of drug-likeness (QED) is 0.744. The fourth-order valence-electron chi connectivity index (χ4n) is 2.03. The monoisotopic (exact) mass is 355 g/mol. The molecular weight excluding hydrogens is 330 g/mol. The zero-order chi connectivity index (χ0) is 15.8. The van der Waals surface area contributed by atoms with Crippen molar-refractivity contribution in [3.63, 3.8) is 0 Å². The summed E-state index contributed by atoms with van der Waals surface area (Å²) in [5, 5.41) is 3.45. The molecule has 0 amide bonds. The van der Waals surface area contributed by atoms with Crippen LogP contribution in [-0.2, 0) is 0 Å². The molecule has 0 saturated heterocycles. The summed E-state index contributed by atoms with van der Waals surface area (Å²) in [6, 6.07) is 4.06. The van der Waals surface area contributed by atoms with Gasteiger partial charge in [-0.25, -0.2) is 0 Å². The molecule has 0 bridgehead atoms. The van der Waals surface area contributed by atoms with Crippen molar-refractivity contribution in [1.29, 1.82) is 0 Å². The largest absolute Gasteiger partial charge is 0.492 e. The highest BCUT2D eigenvalue weighted by atomic mass is 79.9. The fourth-order valence-corrected chi connectivity index (χ4v) is 2.65. The maximum Gasteiger partial charge on any atom is 0.174 e. The lowest BCUT2D eigenvalue weighted by Crippen LogP contribution is -2.21. The molecule has 0 atom stereocenters. The number of nitrogens with one attached hydrogen (secondary N) is 1.